The fourth-order valence-corrected chi connectivity index (χ4v) is 2.48. The Hall–Kier alpha value is -2.96. The number of rotatable bonds is 7. The van der Waals surface area contributed by atoms with Gasteiger partial charge in [0.15, 0.2) is 17.5 Å². The standard InChI is InChI=1S/C20H26FN3O3/c1-5-22-20(23-11-14-7-6-13(2)16(21)8-14)24-12-15-9-17(26-3)19(25)18(10-15)27-4/h6-10,25H,5,11-12H2,1-4H3,(H2,22,23,24). The molecular weight excluding hydrogens is 349 g/mol. The van der Waals surface area contributed by atoms with Crippen LogP contribution in [0.1, 0.15) is 23.6 Å². The number of nitrogens with zero attached hydrogens (tertiary/aromatic N) is 1. The normalized spacial score (nSPS) is 11.2. The van der Waals surface area contributed by atoms with E-state index >= 15 is 0 Å². The van der Waals surface area contributed by atoms with Crippen molar-refractivity contribution >= 4 is 5.96 Å². The zero-order valence-electron chi connectivity index (χ0n) is 16.1. The summed E-state index contributed by atoms with van der Waals surface area (Å²) < 4.78 is 24.0. The minimum absolute atomic E-state index is 0.0424. The quantitative estimate of drug-likeness (QED) is 0.512. The van der Waals surface area contributed by atoms with Gasteiger partial charge in [0, 0.05) is 13.1 Å². The number of halogens is 1. The van der Waals surface area contributed by atoms with Crippen LogP contribution in [0.15, 0.2) is 35.3 Å². The molecular formula is C20H26FN3O3. The number of guanidine groups is 1. The van der Waals surface area contributed by atoms with E-state index in [1.165, 1.54) is 20.3 Å². The Bertz CT molecular complexity index is 784. The van der Waals surface area contributed by atoms with Gasteiger partial charge in [-0.1, -0.05) is 12.1 Å². The van der Waals surface area contributed by atoms with Crippen LogP contribution in [0, 0.1) is 12.7 Å². The molecule has 2 aromatic rings. The van der Waals surface area contributed by atoms with Crippen LogP contribution in [0.3, 0.4) is 0 Å². The van der Waals surface area contributed by atoms with Crippen molar-refractivity contribution in [1.29, 1.82) is 0 Å². The molecule has 0 spiro atoms. The van der Waals surface area contributed by atoms with Crippen LogP contribution in [-0.4, -0.2) is 31.8 Å². The summed E-state index contributed by atoms with van der Waals surface area (Å²) >= 11 is 0. The fraction of sp³-hybridized carbons (Fsp3) is 0.350. The van der Waals surface area contributed by atoms with E-state index < -0.39 is 0 Å². The number of benzene rings is 2. The molecule has 0 bridgehead atoms. The number of methoxy groups -OCH3 is 2. The summed E-state index contributed by atoms with van der Waals surface area (Å²) in [6, 6.07) is 8.57. The van der Waals surface area contributed by atoms with Crippen LogP contribution in [0.5, 0.6) is 17.2 Å². The van der Waals surface area contributed by atoms with Gasteiger partial charge in [0.25, 0.3) is 0 Å². The zero-order chi connectivity index (χ0) is 19.8. The topological polar surface area (TPSA) is 75.1 Å². The molecule has 0 unspecified atom stereocenters. The first-order valence-electron chi connectivity index (χ1n) is 8.69. The highest BCUT2D eigenvalue weighted by atomic mass is 19.1. The van der Waals surface area contributed by atoms with E-state index in [0.29, 0.717) is 42.7 Å². The number of phenols is 1. The second-order valence-corrected chi connectivity index (χ2v) is 5.98. The molecule has 0 fully saturated rings. The van der Waals surface area contributed by atoms with E-state index in [4.69, 9.17) is 9.47 Å². The van der Waals surface area contributed by atoms with Gasteiger partial charge in [-0.2, -0.15) is 0 Å². The largest absolute Gasteiger partial charge is 0.502 e. The van der Waals surface area contributed by atoms with Gasteiger partial charge in [-0.05, 0) is 48.7 Å². The molecule has 0 saturated carbocycles. The van der Waals surface area contributed by atoms with Crippen LogP contribution >= 0.6 is 0 Å². The maximum atomic E-state index is 13.7. The lowest BCUT2D eigenvalue weighted by Crippen LogP contribution is -2.36. The van der Waals surface area contributed by atoms with Gasteiger partial charge in [0.1, 0.15) is 5.82 Å². The van der Waals surface area contributed by atoms with Crippen LogP contribution in [-0.2, 0) is 13.1 Å². The van der Waals surface area contributed by atoms with Crippen LogP contribution < -0.4 is 20.1 Å². The van der Waals surface area contributed by atoms with E-state index in [0.717, 1.165) is 11.1 Å². The third-order valence-corrected chi connectivity index (χ3v) is 4.00. The van der Waals surface area contributed by atoms with Crippen molar-refractivity contribution in [3.63, 3.8) is 0 Å². The molecule has 0 heterocycles. The Kier molecular flexibility index (Phi) is 7.28. The van der Waals surface area contributed by atoms with Crippen LogP contribution in [0.4, 0.5) is 4.39 Å². The van der Waals surface area contributed by atoms with Crippen molar-refractivity contribution in [2.75, 3.05) is 20.8 Å². The average molecular weight is 375 g/mol. The number of hydrogen-bond donors (Lipinski definition) is 3. The minimum Gasteiger partial charge on any atom is -0.502 e. The fourth-order valence-electron chi connectivity index (χ4n) is 2.48. The lowest BCUT2D eigenvalue weighted by molar-refractivity contribution is 0.339. The first kappa shape index (κ1) is 20.4. The summed E-state index contributed by atoms with van der Waals surface area (Å²) in [5.41, 5.74) is 2.27. The summed E-state index contributed by atoms with van der Waals surface area (Å²) in [5.74, 6) is 0.989. The van der Waals surface area contributed by atoms with Gasteiger partial charge in [-0.15, -0.1) is 0 Å². The number of hydrogen-bond acceptors (Lipinski definition) is 4. The van der Waals surface area contributed by atoms with Crippen LogP contribution in [0.2, 0.25) is 0 Å². The van der Waals surface area contributed by atoms with E-state index in [1.54, 1.807) is 25.1 Å². The lowest BCUT2D eigenvalue weighted by Gasteiger charge is -2.13. The summed E-state index contributed by atoms with van der Waals surface area (Å²) in [6.07, 6.45) is 0. The summed E-state index contributed by atoms with van der Waals surface area (Å²) in [5, 5.41) is 16.3. The van der Waals surface area contributed by atoms with Crippen molar-refractivity contribution in [2.24, 2.45) is 4.99 Å². The number of aliphatic imine (C=N–C) groups is 1. The molecule has 146 valence electrons. The number of phenolic OH excluding ortho intramolecular Hbond substituents is 1. The van der Waals surface area contributed by atoms with E-state index in [2.05, 4.69) is 15.6 Å². The Morgan fingerprint density at radius 2 is 1.74 bits per heavy atom. The monoisotopic (exact) mass is 375 g/mol. The molecule has 2 aromatic carbocycles. The zero-order valence-corrected chi connectivity index (χ0v) is 16.1. The van der Waals surface area contributed by atoms with Gasteiger partial charge in [0.05, 0.1) is 20.8 Å². The average Bonchev–Trinajstić information content (AvgIpc) is 2.67. The van der Waals surface area contributed by atoms with Crippen molar-refractivity contribution in [2.45, 2.75) is 26.9 Å². The van der Waals surface area contributed by atoms with Crippen molar-refractivity contribution < 1.29 is 19.0 Å². The SMILES string of the molecule is CCNC(=NCc1cc(OC)c(O)c(OC)c1)NCc1ccc(C)c(F)c1. The molecule has 0 saturated heterocycles. The number of aromatic hydroxyl groups is 1. The molecule has 0 aliphatic heterocycles. The summed E-state index contributed by atoms with van der Waals surface area (Å²) in [6.45, 7) is 5.19. The van der Waals surface area contributed by atoms with E-state index in [1.807, 2.05) is 13.0 Å². The highest BCUT2D eigenvalue weighted by Crippen LogP contribution is 2.37. The first-order valence-corrected chi connectivity index (χ1v) is 8.69. The smallest absolute Gasteiger partial charge is 0.200 e. The molecule has 0 atom stereocenters. The molecule has 0 amide bonds. The van der Waals surface area contributed by atoms with Gasteiger partial charge >= 0.3 is 0 Å². The van der Waals surface area contributed by atoms with Gasteiger partial charge in [0.2, 0.25) is 5.75 Å². The lowest BCUT2D eigenvalue weighted by atomic mass is 10.1. The third kappa shape index (κ3) is 5.51. The number of nitrogens with one attached hydrogen (secondary N) is 2. The maximum absolute atomic E-state index is 13.7. The Labute approximate surface area is 159 Å². The molecule has 0 aromatic heterocycles. The summed E-state index contributed by atoms with van der Waals surface area (Å²) in [4.78, 5) is 4.53. The molecule has 2 rings (SSSR count). The molecule has 0 aliphatic carbocycles. The molecule has 0 aliphatic rings. The van der Waals surface area contributed by atoms with E-state index in [-0.39, 0.29) is 11.6 Å². The predicted molar refractivity (Wildman–Crippen MR) is 104 cm³/mol. The van der Waals surface area contributed by atoms with Crippen LogP contribution in [0.25, 0.3) is 0 Å². The molecule has 7 heteroatoms. The van der Waals surface area contributed by atoms with Crippen molar-refractivity contribution in [3.05, 3.63) is 52.8 Å². The molecule has 27 heavy (non-hydrogen) atoms. The number of ether oxygens (including phenoxy) is 2. The Balaban J connectivity index is 2.11. The molecule has 0 radical (unpaired) electrons. The molecule has 6 nitrogen and oxygen atoms in total. The van der Waals surface area contributed by atoms with Gasteiger partial charge in [-0.3, -0.25) is 0 Å². The first-order chi connectivity index (χ1) is 13.0. The van der Waals surface area contributed by atoms with Gasteiger partial charge < -0.3 is 25.2 Å². The Morgan fingerprint density at radius 1 is 1.07 bits per heavy atom. The van der Waals surface area contributed by atoms with Gasteiger partial charge in [-0.25, -0.2) is 9.38 Å². The Morgan fingerprint density at radius 3 is 2.30 bits per heavy atom. The van der Waals surface area contributed by atoms with E-state index in [9.17, 15) is 9.50 Å². The molecule has 3 N–H and O–H groups in total. The van der Waals surface area contributed by atoms with Crippen molar-refractivity contribution in [3.8, 4) is 17.2 Å². The second-order valence-electron chi connectivity index (χ2n) is 5.98. The minimum atomic E-state index is -0.223. The summed E-state index contributed by atoms with van der Waals surface area (Å²) in [7, 11) is 2.96. The number of aryl methyl sites for hydroxylation is 1. The highest BCUT2D eigenvalue weighted by Gasteiger charge is 2.11. The third-order valence-electron chi connectivity index (χ3n) is 4.00. The maximum Gasteiger partial charge on any atom is 0.200 e. The highest BCUT2D eigenvalue weighted by molar-refractivity contribution is 5.79. The predicted octanol–water partition coefficient (Wildman–Crippen LogP) is 3.11. The second kappa shape index (κ2) is 9.66. The van der Waals surface area contributed by atoms with Crippen molar-refractivity contribution in [1.82, 2.24) is 10.6 Å².